The van der Waals surface area contributed by atoms with Gasteiger partial charge in [-0.1, -0.05) is 18.5 Å². The average molecular weight is 431 g/mol. The van der Waals surface area contributed by atoms with Crippen molar-refractivity contribution in [2.45, 2.75) is 33.5 Å². The van der Waals surface area contributed by atoms with Crippen LogP contribution in [0.25, 0.3) is 16.8 Å². The van der Waals surface area contributed by atoms with Crippen LogP contribution in [0.15, 0.2) is 18.2 Å². The second-order valence-corrected chi connectivity index (χ2v) is 7.78. The van der Waals surface area contributed by atoms with Crippen LogP contribution >= 0.6 is 11.6 Å². The quantitative estimate of drug-likeness (QED) is 0.532. The van der Waals surface area contributed by atoms with Crippen LogP contribution in [0.1, 0.15) is 30.3 Å². The van der Waals surface area contributed by atoms with E-state index in [1.807, 2.05) is 29.6 Å². The van der Waals surface area contributed by atoms with E-state index in [0.717, 1.165) is 64.8 Å². The van der Waals surface area contributed by atoms with Crippen LogP contribution in [0, 0.1) is 6.92 Å². The highest BCUT2D eigenvalue weighted by Gasteiger charge is 2.28. The summed E-state index contributed by atoms with van der Waals surface area (Å²) in [5.74, 6) is 1.75. The molecule has 7 nitrogen and oxygen atoms in total. The number of rotatable bonds is 8. The van der Waals surface area contributed by atoms with Gasteiger partial charge in [-0.2, -0.15) is 9.61 Å². The molecule has 1 aliphatic rings. The van der Waals surface area contributed by atoms with Crippen molar-refractivity contribution in [3.05, 3.63) is 40.2 Å². The second-order valence-electron chi connectivity index (χ2n) is 7.37. The number of anilines is 1. The summed E-state index contributed by atoms with van der Waals surface area (Å²) < 4.78 is 18.4. The van der Waals surface area contributed by atoms with Crippen molar-refractivity contribution in [1.82, 2.24) is 14.6 Å². The van der Waals surface area contributed by atoms with E-state index >= 15 is 0 Å². The molecular weight excluding hydrogens is 404 g/mol. The average Bonchev–Trinajstić information content (AvgIpc) is 3.33. The number of halogens is 1. The van der Waals surface area contributed by atoms with Crippen molar-refractivity contribution in [3.63, 3.8) is 0 Å². The molecule has 0 bridgehead atoms. The lowest BCUT2D eigenvalue weighted by Gasteiger charge is -2.26. The lowest BCUT2D eigenvalue weighted by atomic mass is 10.1. The second kappa shape index (κ2) is 8.79. The number of hydrogen-bond acceptors (Lipinski definition) is 6. The first-order chi connectivity index (χ1) is 14.6. The summed E-state index contributed by atoms with van der Waals surface area (Å²) >= 11 is 6.61. The highest BCUT2D eigenvalue weighted by Crippen LogP contribution is 2.38. The first kappa shape index (κ1) is 20.9. The van der Waals surface area contributed by atoms with Crippen molar-refractivity contribution in [2.24, 2.45) is 0 Å². The molecule has 0 N–H and O–H groups in total. The summed E-state index contributed by atoms with van der Waals surface area (Å²) in [4.78, 5) is 7.26. The molecule has 0 amide bonds. The number of nitrogens with zero attached hydrogens (tertiary/aromatic N) is 4. The van der Waals surface area contributed by atoms with E-state index in [-0.39, 0.29) is 0 Å². The fourth-order valence-corrected chi connectivity index (χ4v) is 4.26. The zero-order chi connectivity index (χ0) is 21.3. The number of benzene rings is 1. The van der Waals surface area contributed by atoms with E-state index < -0.39 is 0 Å². The molecule has 0 radical (unpaired) electrons. The van der Waals surface area contributed by atoms with E-state index in [2.05, 4.69) is 11.8 Å². The Kier molecular flexibility index (Phi) is 6.13. The molecular formula is C22H27ClN4O3. The predicted octanol–water partition coefficient (Wildman–Crippen LogP) is 4.26. The summed E-state index contributed by atoms with van der Waals surface area (Å²) in [5, 5.41) is 5.50. The summed E-state index contributed by atoms with van der Waals surface area (Å²) in [6, 6.07) is 5.69. The first-order valence-electron chi connectivity index (χ1n) is 10.2. The Hall–Kier alpha value is -2.35. The number of aromatic nitrogens is 3. The third-order valence-electron chi connectivity index (χ3n) is 5.38. The summed E-state index contributed by atoms with van der Waals surface area (Å²) in [6.45, 7) is 7.51. The molecule has 3 heterocycles. The summed E-state index contributed by atoms with van der Waals surface area (Å²) in [5.41, 5.74) is 5.55. The van der Waals surface area contributed by atoms with Gasteiger partial charge in [0.1, 0.15) is 11.6 Å². The van der Waals surface area contributed by atoms with Gasteiger partial charge in [0.05, 0.1) is 48.9 Å². The molecule has 0 saturated carbocycles. The van der Waals surface area contributed by atoms with Gasteiger partial charge in [-0.25, -0.2) is 4.98 Å². The van der Waals surface area contributed by atoms with Crippen LogP contribution < -0.4 is 9.64 Å². The van der Waals surface area contributed by atoms with Crippen LogP contribution in [0.5, 0.6) is 5.75 Å². The van der Waals surface area contributed by atoms with Crippen LogP contribution in [-0.2, 0) is 22.7 Å². The largest absolute Gasteiger partial charge is 0.497 e. The molecule has 0 fully saturated rings. The van der Waals surface area contributed by atoms with Gasteiger partial charge in [-0.05, 0) is 31.5 Å². The molecule has 0 spiro atoms. The summed E-state index contributed by atoms with van der Waals surface area (Å²) in [7, 11) is 3.35. The Morgan fingerprint density at radius 2 is 2.07 bits per heavy atom. The van der Waals surface area contributed by atoms with Gasteiger partial charge in [-0.3, -0.25) is 0 Å². The van der Waals surface area contributed by atoms with E-state index in [1.54, 1.807) is 14.2 Å². The van der Waals surface area contributed by atoms with Gasteiger partial charge in [0.15, 0.2) is 5.65 Å². The molecule has 1 aromatic carbocycles. The van der Waals surface area contributed by atoms with Crippen LogP contribution in [0.4, 0.5) is 5.82 Å². The topological polar surface area (TPSA) is 61.1 Å². The minimum atomic E-state index is 0.503. The maximum Gasteiger partial charge on any atom is 0.165 e. The van der Waals surface area contributed by atoms with Crippen molar-refractivity contribution in [1.29, 1.82) is 0 Å². The molecule has 0 aliphatic carbocycles. The van der Waals surface area contributed by atoms with E-state index in [4.69, 9.17) is 35.9 Å². The van der Waals surface area contributed by atoms with Gasteiger partial charge < -0.3 is 19.1 Å². The fraction of sp³-hybridized carbons (Fsp3) is 0.455. The number of aryl methyl sites for hydroxylation is 1. The molecule has 8 heteroatoms. The van der Waals surface area contributed by atoms with Crippen molar-refractivity contribution < 1.29 is 14.2 Å². The lowest BCUT2D eigenvalue weighted by Crippen LogP contribution is -2.31. The number of ether oxygens (including phenoxy) is 3. The zero-order valence-electron chi connectivity index (χ0n) is 17.9. The number of methoxy groups -OCH3 is 2. The van der Waals surface area contributed by atoms with Crippen molar-refractivity contribution in [2.75, 3.05) is 38.8 Å². The van der Waals surface area contributed by atoms with Crippen molar-refractivity contribution >= 4 is 23.1 Å². The molecule has 3 aromatic rings. The Bertz CT molecular complexity index is 1070. The number of fused-ring (bicyclic) bond motifs is 2. The molecule has 0 atom stereocenters. The highest BCUT2D eigenvalue weighted by molar-refractivity contribution is 6.33. The molecule has 0 unspecified atom stereocenters. The van der Waals surface area contributed by atoms with E-state index in [9.17, 15) is 0 Å². The van der Waals surface area contributed by atoms with Gasteiger partial charge in [0.25, 0.3) is 0 Å². The normalized spacial score (nSPS) is 13.1. The van der Waals surface area contributed by atoms with Crippen LogP contribution in [-0.4, -0.2) is 48.5 Å². The van der Waals surface area contributed by atoms with Crippen LogP contribution in [0.3, 0.4) is 0 Å². The SMILES string of the molecule is CCCN(CCOC)c1c2c(nc3c(-c4ccc(OC)cc4Cl)c(C)nn13)COC2. The molecule has 2 aromatic heterocycles. The Balaban J connectivity index is 1.95. The third-order valence-corrected chi connectivity index (χ3v) is 5.70. The molecule has 4 rings (SSSR count). The Morgan fingerprint density at radius 1 is 1.23 bits per heavy atom. The maximum absolute atomic E-state index is 6.61. The van der Waals surface area contributed by atoms with Gasteiger partial charge in [-0.15, -0.1) is 0 Å². The van der Waals surface area contributed by atoms with Gasteiger partial charge in [0, 0.05) is 31.3 Å². The minimum Gasteiger partial charge on any atom is -0.497 e. The minimum absolute atomic E-state index is 0.503. The smallest absolute Gasteiger partial charge is 0.165 e. The zero-order valence-corrected chi connectivity index (χ0v) is 18.6. The van der Waals surface area contributed by atoms with E-state index in [0.29, 0.717) is 24.8 Å². The molecule has 1 aliphatic heterocycles. The predicted molar refractivity (Wildman–Crippen MR) is 118 cm³/mol. The maximum atomic E-state index is 6.61. The highest BCUT2D eigenvalue weighted by atomic mass is 35.5. The standard InChI is InChI=1S/C22H27ClN4O3/c1-5-8-26(9-10-28-3)22-17-12-30-13-19(17)24-21-20(14(2)25-27(21)22)16-7-6-15(29-4)11-18(16)23/h6-7,11H,5,8-10,12-13H2,1-4H3. The summed E-state index contributed by atoms with van der Waals surface area (Å²) in [6.07, 6.45) is 1.01. The molecule has 160 valence electrons. The molecule has 30 heavy (non-hydrogen) atoms. The lowest BCUT2D eigenvalue weighted by molar-refractivity contribution is 0.133. The van der Waals surface area contributed by atoms with Gasteiger partial charge in [0.2, 0.25) is 0 Å². The Labute approximate surface area is 181 Å². The fourth-order valence-electron chi connectivity index (χ4n) is 4.00. The monoisotopic (exact) mass is 430 g/mol. The number of hydrogen-bond donors (Lipinski definition) is 0. The molecule has 0 saturated heterocycles. The Morgan fingerprint density at radius 3 is 2.77 bits per heavy atom. The van der Waals surface area contributed by atoms with E-state index in [1.165, 1.54) is 0 Å². The van der Waals surface area contributed by atoms with Crippen molar-refractivity contribution in [3.8, 4) is 16.9 Å². The van der Waals surface area contributed by atoms with Crippen LogP contribution in [0.2, 0.25) is 5.02 Å². The van der Waals surface area contributed by atoms with Gasteiger partial charge >= 0.3 is 0 Å². The third kappa shape index (κ3) is 3.62. The first-order valence-corrected chi connectivity index (χ1v) is 10.5.